The first-order chi connectivity index (χ1) is 15.9. The average Bonchev–Trinajstić information content (AvgIpc) is 3.22. The van der Waals surface area contributed by atoms with Gasteiger partial charge in [0.05, 0.1) is 16.6 Å². The molecule has 5 nitrogen and oxygen atoms in total. The molecule has 3 heterocycles. The van der Waals surface area contributed by atoms with Crippen molar-refractivity contribution in [3.05, 3.63) is 75.7 Å². The fourth-order valence-corrected chi connectivity index (χ4v) is 4.60. The normalized spacial score (nSPS) is 14.6. The molecule has 0 saturated carbocycles. The van der Waals surface area contributed by atoms with Gasteiger partial charge in [-0.25, -0.2) is 4.39 Å². The van der Waals surface area contributed by atoms with E-state index in [0.717, 1.165) is 47.7 Å². The van der Waals surface area contributed by atoms with Crippen LogP contribution in [0.3, 0.4) is 0 Å². The predicted octanol–water partition coefficient (Wildman–Crippen LogP) is 2.53. The van der Waals surface area contributed by atoms with Gasteiger partial charge in [0.2, 0.25) is 0 Å². The molecule has 0 spiro atoms. The zero-order valence-corrected chi connectivity index (χ0v) is 19.3. The Bertz CT molecular complexity index is 1360. The van der Waals surface area contributed by atoms with Crippen LogP contribution < -0.4 is 21.2 Å². The molecular weight excluding hydrogens is 415 g/mol. The maximum absolute atomic E-state index is 14.2. The Morgan fingerprint density at radius 1 is 1.15 bits per heavy atom. The monoisotopic (exact) mass is 444 g/mol. The summed E-state index contributed by atoms with van der Waals surface area (Å²) in [4.78, 5) is 14.9. The second kappa shape index (κ2) is 8.52. The van der Waals surface area contributed by atoms with Crippen molar-refractivity contribution in [2.75, 3.05) is 20.1 Å². The molecule has 2 aromatic carbocycles. The van der Waals surface area contributed by atoms with Crippen molar-refractivity contribution in [2.45, 2.75) is 32.9 Å². The zero-order chi connectivity index (χ0) is 23.1. The molecule has 0 fully saturated rings. The number of carbonyl (C=O) groups is 1. The number of nitrogens with one attached hydrogen (secondary N) is 2. The van der Waals surface area contributed by atoms with Crippen LogP contribution in [0.1, 0.15) is 35.3 Å². The van der Waals surface area contributed by atoms with Crippen molar-refractivity contribution in [3.63, 3.8) is 0 Å². The van der Waals surface area contributed by atoms with E-state index in [4.69, 9.17) is 0 Å². The number of nitrogens with zero attached hydrogens (tertiary/aromatic N) is 2. The molecular formula is C27H29FN4O. The lowest BCUT2D eigenvalue weighted by Crippen LogP contribution is -2.37. The highest BCUT2D eigenvalue weighted by Gasteiger charge is 2.22. The van der Waals surface area contributed by atoms with Gasteiger partial charge in [0.25, 0.3) is 5.91 Å². The highest BCUT2D eigenvalue weighted by atomic mass is 19.1. The van der Waals surface area contributed by atoms with E-state index in [0.29, 0.717) is 11.3 Å². The van der Waals surface area contributed by atoms with E-state index in [1.807, 2.05) is 24.6 Å². The molecule has 0 unspecified atom stereocenters. The summed E-state index contributed by atoms with van der Waals surface area (Å²) < 4.78 is 16.3. The highest BCUT2D eigenvalue weighted by Crippen LogP contribution is 2.24. The minimum atomic E-state index is -0.419. The molecule has 170 valence electrons. The summed E-state index contributed by atoms with van der Waals surface area (Å²) in [6.45, 7) is 6.53. The van der Waals surface area contributed by atoms with Gasteiger partial charge in [0.1, 0.15) is 5.82 Å². The van der Waals surface area contributed by atoms with Crippen molar-refractivity contribution < 1.29 is 9.18 Å². The molecule has 5 rings (SSSR count). The molecule has 0 aliphatic carbocycles. The van der Waals surface area contributed by atoms with E-state index in [9.17, 15) is 9.18 Å². The molecule has 1 amide bonds. The van der Waals surface area contributed by atoms with Gasteiger partial charge in [-0.3, -0.25) is 4.79 Å². The lowest BCUT2D eigenvalue weighted by atomic mass is 9.95. The van der Waals surface area contributed by atoms with Gasteiger partial charge in [-0.05, 0) is 61.7 Å². The Morgan fingerprint density at radius 2 is 2.00 bits per heavy atom. The van der Waals surface area contributed by atoms with Crippen LogP contribution in [0.2, 0.25) is 0 Å². The molecule has 0 bridgehead atoms. The second-order valence-corrected chi connectivity index (χ2v) is 9.05. The Hall–Kier alpha value is -3.38. The van der Waals surface area contributed by atoms with Crippen LogP contribution in [0.4, 0.5) is 4.39 Å². The van der Waals surface area contributed by atoms with E-state index in [2.05, 4.69) is 41.1 Å². The van der Waals surface area contributed by atoms with Crippen molar-refractivity contribution in [1.29, 1.82) is 0 Å². The number of rotatable bonds is 4. The van der Waals surface area contributed by atoms with E-state index < -0.39 is 5.82 Å². The molecule has 0 atom stereocenters. The van der Waals surface area contributed by atoms with Crippen molar-refractivity contribution >= 4 is 18.2 Å². The Morgan fingerprint density at radius 3 is 2.82 bits per heavy atom. The minimum absolute atomic E-state index is 0.00861. The summed E-state index contributed by atoms with van der Waals surface area (Å²) in [6, 6.07) is 11.1. The van der Waals surface area contributed by atoms with Crippen LogP contribution in [-0.4, -0.2) is 41.6 Å². The van der Waals surface area contributed by atoms with Crippen LogP contribution in [0.15, 0.2) is 42.6 Å². The summed E-state index contributed by atoms with van der Waals surface area (Å²) in [5, 5.41) is 8.80. The number of amides is 1. The molecule has 2 aliphatic heterocycles. The van der Waals surface area contributed by atoms with Crippen molar-refractivity contribution in [3.8, 4) is 16.8 Å². The number of aromatic nitrogens is 1. The Kier molecular flexibility index (Phi) is 5.54. The molecule has 0 saturated heterocycles. The first-order valence-electron chi connectivity index (χ1n) is 11.5. The van der Waals surface area contributed by atoms with Gasteiger partial charge < -0.3 is 20.1 Å². The van der Waals surface area contributed by atoms with E-state index in [1.54, 1.807) is 18.0 Å². The molecule has 6 heteroatoms. The first-order valence-corrected chi connectivity index (χ1v) is 11.5. The lowest BCUT2D eigenvalue weighted by molar-refractivity contribution is 0.0754. The SMILES string of the molecule is CC(C)N(C)C(=O)c1cc(F)ccc1-n1cc(-c2ccc3c(c2)CCNC3)c2c1=CNCC=2. The summed E-state index contributed by atoms with van der Waals surface area (Å²) in [6.07, 6.45) is 7.24. The Balaban J connectivity index is 1.70. The summed E-state index contributed by atoms with van der Waals surface area (Å²) in [5.41, 5.74) is 6.02. The molecule has 2 aliphatic rings. The number of carbonyl (C=O) groups excluding carboxylic acids is 1. The molecule has 33 heavy (non-hydrogen) atoms. The number of halogens is 1. The molecule has 2 N–H and O–H groups in total. The third-order valence-electron chi connectivity index (χ3n) is 6.69. The van der Waals surface area contributed by atoms with Gasteiger partial charge in [0.15, 0.2) is 0 Å². The average molecular weight is 445 g/mol. The fraction of sp³-hybridized carbons (Fsp3) is 0.296. The standard InChI is InChI=1S/C27H29FN4O/c1-17(2)31(3)27(33)23-13-21(28)6-7-25(23)32-16-24(22-9-11-30-15-26(22)32)19-4-5-20-14-29-10-8-18(20)12-19/h4-7,9,12-13,15-17,29-30H,8,10-11,14H2,1-3H3. The van der Waals surface area contributed by atoms with Gasteiger partial charge in [-0.2, -0.15) is 0 Å². The van der Waals surface area contributed by atoms with Crippen LogP contribution in [0.25, 0.3) is 29.1 Å². The predicted molar refractivity (Wildman–Crippen MR) is 130 cm³/mol. The molecule has 1 aromatic heterocycles. The van der Waals surface area contributed by atoms with Gasteiger partial charge in [0, 0.05) is 49.4 Å². The minimum Gasteiger partial charge on any atom is -0.386 e. The topological polar surface area (TPSA) is 49.3 Å². The van der Waals surface area contributed by atoms with E-state index in [1.165, 1.54) is 23.3 Å². The number of fused-ring (bicyclic) bond motifs is 2. The number of benzene rings is 2. The highest BCUT2D eigenvalue weighted by molar-refractivity contribution is 5.98. The maximum atomic E-state index is 14.2. The Labute approximate surface area is 193 Å². The lowest BCUT2D eigenvalue weighted by Gasteiger charge is -2.23. The number of hydrogen-bond donors (Lipinski definition) is 2. The summed E-state index contributed by atoms with van der Waals surface area (Å²) in [5.74, 6) is -0.616. The molecule has 3 aromatic rings. The van der Waals surface area contributed by atoms with Gasteiger partial charge >= 0.3 is 0 Å². The van der Waals surface area contributed by atoms with Crippen LogP contribution in [0.5, 0.6) is 0 Å². The smallest absolute Gasteiger partial charge is 0.256 e. The third-order valence-corrected chi connectivity index (χ3v) is 6.69. The van der Waals surface area contributed by atoms with Crippen LogP contribution in [-0.2, 0) is 13.0 Å². The van der Waals surface area contributed by atoms with Crippen LogP contribution in [0, 0.1) is 5.82 Å². The summed E-state index contributed by atoms with van der Waals surface area (Å²) >= 11 is 0. The van der Waals surface area contributed by atoms with E-state index in [-0.39, 0.29) is 11.9 Å². The fourth-order valence-electron chi connectivity index (χ4n) is 4.60. The van der Waals surface area contributed by atoms with Crippen molar-refractivity contribution in [2.24, 2.45) is 0 Å². The van der Waals surface area contributed by atoms with E-state index >= 15 is 0 Å². The third kappa shape index (κ3) is 3.85. The van der Waals surface area contributed by atoms with Gasteiger partial charge in [-0.1, -0.05) is 24.3 Å². The number of hydrogen-bond acceptors (Lipinski definition) is 3. The largest absolute Gasteiger partial charge is 0.386 e. The van der Waals surface area contributed by atoms with Gasteiger partial charge in [-0.15, -0.1) is 0 Å². The zero-order valence-electron chi connectivity index (χ0n) is 19.3. The second-order valence-electron chi connectivity index (χ2n) is 9.05. The maximum Gasteiger partial charge on any atom is 0.256 e. The molecule has 0 radical (unpaired) electrons. The van der Waals surface area contributed by atoms with Crippen LogP contribution >= 0.6 is 0 Å². The van der Waals surface area contributed by atoms with Crippen molar-refractivity contribution in [1.82, 2.24) is 20.1 Å². The first kappa shape index (κ1) is 21.5. The quantitative estimate of drug-likeness (QED) is 0.650. The summed E-state index contributed by atoms with van der Waals surface area (Å²) in [7, 11) is 1.75.